The van der Waals surface area contributed by atoms with Crippen molar-refractivity contribution in [3.8, 4) is 0 Å². The Morgan fingerprint density at radius 1 is 1.44 bits per heavy atom. The SMILES string of the molecule is CC(C)c1ccc2c(c1)C(=O)N(C)C(C(=O)O)C2. The van der Waals surface area contributed by atoms with E-state index in [4.69, 9.17) is 5.11 Å². The molecule has 18 heavy (non-hydrogen) atoms. The summed E-state index contributed by atoms with van der Waals surface area (Å²) >= 11 is 0. The Balaban J connectivity index is 2.45. The van der Waals surface area contributed by atoms with Crippen LogP contribution >= 0.6 is 0 Å². The van der Waals surface area contributed by atoms with E-state index in [9.17, 15) is 9.59 Å². The Labute approximate surface area is 106 Å². The third-order valence-corrected chi connectivity index (χ3v) is 3.52. The molecule has 1 aliphatic rings. The van der Waals surface area contributed by atoms with E-state index in [1.165, 1.54) is 4.90 Å². The summed E-state index contributed by atoms with van der Waals surface area (Å²) in [6, 6.07) is 4.98. The van der Waals surface area contributed by atoms with Crippen LogP contribution in [0.1, 0.15) is 41.3 Å². The molecule has 0 saturated carbocycles. The van der Waals surface area contributed by atoms with Gasteiger partial charge in [-0.3, -0.25) is 4.79 Å². The third-order valence-electron chi connectivity index (χ3n) is 3.52. The topological polar surface area (TPSA) is 57.6 Å². The van der Waals surface area contributed by atoms with Crippen LogP contribution < -0.4 is 0 Å². The van der Waals surface area contributed by atoms with Gasteiger partial charge in [-0.05, 0) is 23.1 Å². The van der Waals surface area contributed by atoms with Crippen molar-refractivity contribution in [1.82, 2.24) is 4.90 Å². The van der Waals surface area contributed by atoms with Crippen LogP contribution in [0.5, 0.6) is 0 Å². The van der Waals surface area contributed by atoms with Gasteiger partial charge in [-0.1, -0.05) is 26.0 Å². The largest absolute Gasteiger partial charge is 0.480 e. The lowest BCUT2D eigenvalue weighted by Crippen LogP contribution is -2.47. The predicted molar refractivity (Wildman–Crippen MR) is 67.8 cm³/mol. The lowest BCUT2D eigenvalue weighted by molar-refractivity contribution is -0.142. The van der Waals surface area contributed by atoms with E-state index in [0.29, 0.717) is 17.9 Å². The highest BCUT2D eigenvalue weighted by atomic mass is 16.4. The molecule has 1 aromatic carbocycles. The Morgan fingerprint density at radius 3 is 2.67 bits per heavy atom. The maximum absolute atomic E-state index is 12.2. The lowest BCUT2D eigenvalue weighted by Gasteiger charge is -2.31. The highest BCUT2D eigenvalue weighted by Gasteiger charge is 2.34. The number of rotatable bonds is 2. The van der Waals surface area contributed by atoms with Crippen LogP contribution in [0.15, 0.2) is 18.2 Å². The lowest BCUT2D eigenvalue weighted by atomic mass is 9.90. The molecule has 1 aliphatic heterocycles. The highest BCUT2D eigenvalue weighted by molar-refractivity contribution is 5.99. The van der Waals surface area contributed by atoms with Crippen LogP contribution in [-0.4, -0.2) is 35.0 Å². The summed E-state index contributed by atoms with van der Waals surface area (Å²) in [7, 11) is 1.55. The summed E-state index contributed by atoms with van der Waals surface area (Å²) in [5.41, 5.74) is 2.57. The summed E-state index contributed by atoms with van der Waals surface area (Å²) in [4.78, 5) is 24.6. The quantitative estimate of drug-likeness (QED) is 0.868. The van der Waals surface area contributed by atoms with Crippen LogP contribution in [-0.2, 0) is 11.2 Å². The van der Waals surface area contributed by atoms with E-state index in [2.05, 4.69) is 13.8 Å². The van der Waals surface area contributed by atoms with Crippen LogP contribution in [0.3, 0.4) is 0 Å². The molecule has 4 heteroatoms. The number of hydrogen-bond donors (Lipinski definition) is 1. The van der Waals surface area contributed by atoms with Gasteiger partial charge in [0.2, 0.25) is 0 Å². The minimum Gasteiger partial charge on any atom is -0.480 e. The fourth-order valence-electron chi connectivity index (χ4n) is 2.26. The number of carbonyl (C=O) groups excluding carboxylic acids is 1. The van der Waals surface area contributed by atoms with Crippen LogP contribution in [0.25, 0.3) is 0 Å². The van der Waals surface area contributed by atoms with Crippen molar-refractivity contribution in [2.24, 2.45) is 0 Å². The number of amides is 1. The second kappa shape index (κ2) is 4.44. The first kappa shape index (κ1) is 12.6. The van der Waals surface area contributed by atoms with Crippen molar-refractivity contribution in [2.75, 3.05) is 7.05 Å². The van der Waals surface area contributed by atoms with Crippen molar-refractivity contribution in [3.63, 3.8) is 0 Å². The predicted octanol–water partition coefficient (Wildman–Crippen LogP) is 1.89. The summed E-state index contributed by atoms with van der Waals surface area (Å²) in [6.07, 6.45) is 0.380. The molecule has 1 atom stereocenters. The molecule has 0 radical (unpaired) electrons. The Kier molecular flexibility index (Phi) is 3.11. The van der Waals surface area contributed by atoms with Gasteiger partial charge in [0.1, 0.15) is 6.04 Å². The smallest absolute Gasteiger partial charge is 0.326 e. The molecule has 0 aliphatic carbocycles. The minimum atomic E-state index is -0.954. The van der Waals surface area contributed by atoms with Crippen molar-refractivity contribution in [3.05, 3.63) is 34.9 Å². The summed E-state index contributed by atoms with van der Waals surface area (Å²) in [6.45, 7) is 4.14. The van der Waals surface area contributed by atoms with E-state index in [1.807, 2.05) is 18.2 Å². The number of fused-ring (bicyclic) bond motifs is 1. The van der Waals surface area contributed by atoms with Crippen LogP contribution in [0, 0.1) is 0 Å². The van der Waals surface area contributed by atoms with Gasteiger partial charge in [0.05, 0.1) is 0 Å². The van der Waals surface area contributed by atoms with Gasteiger partial charge in [0, 0.05) is 19.0 Å². The Morgan fingerprint density at radius 2 is 2.11 bits per heavy atom. The zero-order chi connectivity index (χ0) is 13.4. The summed E-state index contributed by atoms with van der Waals surface area (Å²) < 4.78 is 0. The molecule has 4 nitrogen and oxygen atoms in total. The van der Waals surface area contributed by atoms with Gasteiger partial charge in [0.15, 0.2) is 0 Å². The molecule has 0 fully saturated rings. The van der Waals surface area contributed by atoms with E-state index in [1.54, 1.807) is 7.05 Å². The first-order valence-electron chi connectivity index (χ1n) is 6.04. The highest BCUT2D eigenvalue weighted by Crippen LogP contribution is 2.26. The number of aliphatic carboxylic acids is 1. The summed E-state index contributed by atoms with van der Waals surface area (Å²) in [5, 5.41) is 9.10. The monoisotopic (exact) mass is 247 g/mol. The molecule has 96 valence electrons. The van der Waals surface area contributed by atoms with Crippen molar-refractivity contribution < 1.29 is 14.7 Å². The van der Waals surface area contributed by atoms with Gasteiger partial charge in [-0.15, -0.1) is 0 Å². The van der Waals surface area contributed by atoms with Crippen molar-refractivity contribution in [1.29, 1.82) is 0 Å². The van der Waals surface area contributed by atoms with E-state index < -0.39 is 12.0 Å². The number of nitrogens with zero attached hydrogens (tertiary/aromatic N) is 1. The van der Waals surface area contributed by atoms with Crippen molar-refractivity contribution in [2.45, 2.75) is 32.2 Å². The Bertz CT molecular complexity index is 508. The average molecular weight is 247 g/mol. The molecule has 1 unspecified atom stereocenters. The molecule has 0 bridgehead atoms. The van der Waals surface area contributed by atoms with Crippen molar-refractivity contribution >= 4 is 11.9 Å². The maximum atomic E-state index is 12.2. The number of hydrogen-bond acceptors (Lipinski definition) is 2. The molecule has 1 N–H and O–H groups in total. The Hall–Kier alpha value is -1.84. The molecular formula is C14H17NO3. The van der Waals surface area contributed by atoms with Gasteiger partial charge >= 0.3 is 5.97 Å². The second-order valence-corrected chi connectivity index (χ2v) is 5.05. The fourth-order valence-corrected chi connectivity index (χ4v) is 2.26. The van der Waals surface area contributed by atoms with Crippen LogP contribution in [0.4, 0.5) is 0 Å². The van der Waals surface area contributed by atoms with E-state index >= 15 is 0 Å². The maximum Gasteiger partial charge on any atom is 0.326 e. The number of benzene rings is 1. The second-order valence-electron chi connectivity index (χ2n) is 5.05. The minimum absolute atomic E-state index is 0.203. The first-order valence-corrected chi connectivity index (χ1v) is 6.04. The zero-order valence-corrected chi connectivity index (χ0v) is 10.8. The van der Waals surface area contributed by atoms with Gasteiger partial charge < -0.3 is 10.0 Å². The van der Waals surface area contributed by atoms with Gasteiger partial charge in [-0.25, -0.2) is 4.79 Å². The van der Waals surface area contributed by atoms with Crippen LogP contribution in [0.2, 0.25) is 0 Å². The standard InChI is InChI=1S/C14H17NO3/c1-8(2)9-4-5-10-7-12(14(17)18)15(3)13(16)11(10)6-9/h4-6,8,12H,7H2,1-3H3,(H,17,18). The average Bonchev–Trinajstić information content (AvgIpc) is 2.32. The number of carbonyl (C=O) groups is 2. The third kappa shape index (κ3) is 1.98. The molecule has 2 rings (SSSR count). The van der Waals surface area contributed by atoms with E-state index in [-0.39, 0.29) is 5.91 Å². The fraction of sp³-hybridized carbons (Fsp3) is 0.429. The molecule has 0 spiro atoms. The van der Waals surface area contributed by atoms with Gasteiger partial charge in [0.25, 0.3) is 5.91 Å². The normalized spacial score (nSPS) is 19.0. The van der Waals surface area contributed by atoms with Gasteiger partial charge in [-0.2, -0.15) is 0 Å². The molecular weight excluding hydrogens is 230 g/mol. The number of likely N-dealkylation sites (N-methyl/N-ethyl adjacent to an activating group) is 1. The first-order chi connectivity index (χ1) is 8.41. The molecule has 1 amide bonds. The molecule has 0 aromatic heterocycles. The summed E-state index contributed by atoms with van der Waals surface area (Å²) in [5.74, 6) is -0.804. The number of carboxylic acid groups (broad SMARTS) is 1. The van der Waals surface area contributed by atoms with E-state index in [0.717, 1.165) is 11.1 Å². The molecule has 1 heterocycles. The molecule has 1 aromatic rings. The number of carboxylic acids is 1. The zero-order valence-electron chi connectivity index (χ0n) is 10.8. The molecule has 0 saturated heterocycles.